The molecule has 1 fully saturated rings. The molecule has 0 bridgehead atoms. The van der Waals surface area contributed by atoms with Gasteiger partial charge in [-0.15, -0.1) is 0 Å². The predicted octanol–water partition coefficient (Wildman–Crippen LogP) is 1.67. The second kappa shape index (κ2) is 3.72. The van der Waals surface area contributed by atoms with Gasteiger partial charge in [-0.1, -0.05) is 20.8 Å². The van der Waals surface area contributed by atoms with E-state index in [1.165, 1.54) is 0 Å². The summed E-state index contributed by atoms with van der Waals surface area (Å²) >= 11 is 5.26. The fourth-order valence-corrected chi connectivity index (χ4v) is 1.94. The van der Waals surface area contributed by atoms with E-state index in [9.17, 15) is 0 Å². The zero-order chi connectivity index (χ0) is 11.1. The molecule has 0 unspecified atom stereocenters. The molecule has 15 heavy (non-hydrogen) atoms. The van der Waals surface area contributed by atoms with Crippen molar-refractivity contribution in [1.82, 2.24) is 20.1 Å². The largest absolute Gasteiger partial charge is 0.315 e. The summed E-state index contributed by atoms with van der Waals surface area (Å²) < 4.78 is 2.88. The highest BCUT2D eigenvalue weighted by atomic mass is 32.1. The van der Waals surface area contributed by atoms with E-state index in [0.717, 1.165) is 30.2 Å². The zero-order valence-corrected chi connectivity index (χ0v) is 10.3. The number of aromatic nitrogens is 3. The lowest BCUT2D eigenvalue weighted by Crippen LogP contribution is -2.41. The Balaban J connectivity index is 2.27. The van der Waals surface area contributed by atoms with Gasteiger partial charge in [-0.2, -0.15) is 5.10 Å². The monoisotopic (exact) mass is 226 g/mol. The summed E-state index contributed by atoms with van der Waals surface area (Å²) in [5.74, 6) is 1.63. The molecule has 2 heterocycles. The summed E-state index contributed by atoms with van der Waals surface area (Å²) in [6.45, 7) is 9.60. The van der Waals surface area contributed by atoms with Crippen LogP contribution in [-0.2, 0) is 6.54 Å². The van der Waals surface area contributed by atoms with Gasteiger partial charge in [0.1, 0.15) is 5.82 Å². The summed E-state index contributed by atoms with van der Waals surface area (Å²) in [5.41, 5.74) is 0.230. The highest BCUT2D eigenvalue weighted by Gasteiger charge is 2.26. The number of hydrogen-bond acceptors (Lipinski definition) is 3. The molecule has 2 rings (SSSR count). The maximum Gasteiger partial charge on any atom is 0.195 e. The van der Waals surface area contributed by atoms with E-state index in [0.29, 0.717) is 5.92 Å². The zero-order valence-electron chi connectivity index (χ0n) is 9.50. The van der Waals surface area contributed by atoms with Gasteiger partial charge >= 0.3 is 0 Å². The Morgan fingerprint density at radius 3 is 2.60 bits per heavy atom. The smallest absolute Gasteiger partial charge is 0.195 e. The van der Waals surface area contributed by atoms with E-state index < -0.39 is 0 Å². The Labute approximate surface area is 95.1 Å². The van der Waals surface area contributed by atoms with Gasteiger partial charge in [0.2, 0.25) is 0 Å². The predicted molar refractivity (Wildman–Crippen MR) is 62.5 cm³/mol. The molecular weight excluding hydrogens is 208 g/mol. The third-order valence-electron chi connectivity index (χ3n) is 2.57. The van der Waals surface area contributed by atoms with Gasteiger partial charge in [-0.3, -0.25) is 5.10 Å². The Morgan fingerprint density at radius 1 is 1.47 bits per heavy atom. The topological polar surface area (TPSA) is 45.6 Å². The van der Waals surface area contributed by atoms with Crippen LogP contribution in [0, 0.1) is 10.2 Å². The third-order valence-corrected chi connectivity index (χ3v) is 2.88. The summed E-state index contributed by atoms with van der Waals surface area (Å²) in [6, 6.07) is 0. The Hall–Kier alpha value is -0.680. The molecule has 0 saturated carbocycles. The van der Waals surface area contributed by atoms with E-state index in [-0.39, 0.29) is 5.41 Å². The fourth-order valence-electron chi connectivity index (χ4n) is 1.74. The molecule has 84 valence electrons. The highest BCUT2D eigenvalue weighted by molar-refractivity contribution is 7.71. The van der Waals surface area contributed by atoms with Gasteiger partial charge in [0.05, 0.1) is 0 Å². The van der Waals surface area contributed by atoms with Crippen LogP contribution >= 0.6 is 12.2 Å². The van der Waals surface area contributed by atoms with Crippen molar-refractivity contribution in [2.75, 3.05) is 13.1 Å². The first-order chi connectivity index (χ1) is 6.97. The van der Waals surface area contributed by atoms with Crippen molar-refractivity contribution >= 4 is 12.2 Å². The summed E-state index contributed by atoms with van der Waals surface area (Å²) in [7, 11) is 0. The third kappa shape index (κ3) is 2.29. The molecule has 4 nitrogen and oxygen atoms in total. The summed E-state index contributed by atoms with van der Waals surface area (Å²) in [4.78, 5) is 0. The van der Waals surface area contributed by atoms with Crippen LogP contribution in [0.3, 0.4) is 0 Å². The van der Waals surface area contributed by atoms with E-state index >= 15 is 0 Å². The number of hydrogen-bond donors (Lipinski definition) is 2. The average molecular weight is 226 g/mol. The van der Waals surface area contributed by atoms with E-state index in [4.69, 9.17) is 12.2 Å². The molecule has 0 atom stereocenters. The molecule has 0 amide bonds. The lowest BCUT2D eigenvalue weighted by atomic mass is 9.96. The van der Waals surface area contributed by atoms with Crippen LogP contribution in [0.2, 0.25) is 0 Å². The van der Waals surface area contributed by atoms with Crippen LogP contribution in [0.5, 0.6) is 0 Å². The number of nitrogens with one attached hydrogen (secondary N) is 2. The molecule has 0 radical (unpaired) electrons. The molecule has 0 aliphatic carbocycles. The summed E-state index contributed by atoms with van der Waals surface area (Å²) in [6.07, 6.45) is 0. The van der Waals surface area contributed by atoms with E-state index in [1.807, 2.05) is 0 Å². The van der Waals surface area contributed by atoms with Gasteiger partial charge in [0.25, 0.3) is 0 Å². The molecular formula is C10H18N4S. The van der Waals surface area contributed by atoms with E-state index in [1.54, 1.807) is 0 Å². The van der Waals surface area contributed by atoms with Crippen LogP contribution in [0.1, 0.15) is 32.5 Å². The van der Waals surface area contributed by atoms with Gasteiger partial charge < -0.3 is 9.88 Å². The van der Waals surface area contributed by atoms with Crippen LogP contribution in [0.25, 0.3) is 0 Å². The first-order valence-electron chi connectivity index (χ1n) is 5.33. The minimum Gasteiger partial charge on any atom is -0.315 e. The van der Waals surface area contributed by atoms with Gasteiger partial charge in [0, 0.05) is 25.6 Å². The number of rotatable bonds is 2. The Morgan fingerprint density at radius 2 is 2.13 bits per heavy atom. The fraction of sp³-hybridized carbons (Fsp3) is 0.800. The lowest BCUT2D eigenvalue weighted by molar-refractivity contribution is 0.320. The molecule has 1 aromatic heterocycles. The lowest BCUT2D eigenvalue weighted by Gasteiger charge is -2.28. The van der Waals surface area contributed by atoms with Crippen LogP contribution in [0.4, 0.5) is 0 Å². The average Bonchev–Trinajstić information content (AvgIpc) is 2.30. The molecule has 1 aliphatic rings. The minimum atomic E-state index is 0.230. The Kier molecular flexibility index (Phi) is 2.68. The number of nitrogens with zero attached hydrogens (tertiary/aromatic N) is 2. The van der Waals surface area contributed by atoms with Crippen LogP contribution < -0.4 is 5.32 Å². The van der Waals surface area contributed by atoms with Crippen LogP contribution in [-0.4, -0.2) is 27.9 Å². The molecule has 2 N–H and O–H groups in total. The van der Waals surface area contributed by atoms with Crippen LogP contribution in [0.15, 0.2) is 0 Å². The first-order valence-corrected chi connectivity index (χ1v) is 5.74. The van der Waals surface area contributed by atoms with Gasteiger partial charge in [-0.25, -0.2) is 0 Å². The van der Waals surface area contributed by atoms with Crippen molar-refractivity contribution in [3.05, 3.63) is 10.6 Å². The quantitative estimate of drug-likeness (QED) is 0.754. The normalized spacial score (nSPS) is 17.8. The van der Waals surface area contributed by atoms with Crippen molar-refractivity contribution < 1.29 is 0 Å². The van der Waals surface area contributed by atoms with Crippen molar-refractivity contribution in [1.29, 1.82) is 0 Å². The standard InChI is InChI=1S/C10H18N4S/c1-10(2,3)6-14-8(7-4-11-5-7)12-13-9(14)15/h7,11H,4-6H2,1-3H3,(H,13,15). The number of H-pyrrole nitrogens is 1. The van der Waals surface area contributed by atoms with Gasteiger partial charge in [-0.05, 0) is 17.6 Å². The highest BCUT2D eigenvalue weighted by Crippen LogP contribution is 2.22. The molecule has 1 saturated heterocycles. The maximum absolute atomic E-state index is 5.26. The molecule has 1 aromatic rings. The van der Waals surface area contributed by atoms with E-state index in [2.05, 4.69) is 40.9 Å². The summed E-state index contributed by atoms with van der Waals surface area (Å²) in [5, 5.41) is 10.5. The van der Waals surface area contributed by atoms with Gasteiger partial charge in [0.15, 0.2) is 4.77 Å². The second-order valence-electron chi connectivity index (χ2n) is 5.39. The SMILES string of the molecule is CC(C)(C)Cn1c(C2CNC2)n[nH]c1=S. The molecule has 0 spiro atoms. The van der Waals surface area contributed by atoms with Crippen molar-refractivity contribution in [2.45, 2.75) is 33.2 Å². The second-order valence-corrected chi connectivity index (χ2v) is 5.78. The van der Waals surface area contributed by atoms with Crippen molar-refractivity contribution in [3.8, 4) is 0 Å². The maximum atomic E-state index is 5.26. The molecule has 5 heteroatoms. The molecule has 0 aromatic carbocycles. The van der Waals surface area contributed by atoms with Crippen molar-refractivity contribution in [3.63, 3.8) is 0 Å². The number of aromatic amines is 1. The minimum absolute atomic E-state index is 0.230. The first kappa shape index (κ1) is 10.8. The Bertz CT molecular complexity index is 394. The van der Waals surface area contributed by atoms with Crippen molar-refractivity contribution in [2.24, 2.45) is 5.41 Å². The molecule has 1 aliphatic heterocycles.